The smallest absolute Gasteiger partial charge is 0.435 e. The molecule has 144 valence electrons. The third kappa shape index (κ3) is 5.21. The van der Waals surface area contributed by atoms with E-state index in [9.17, 15) is 21.6 Å². The summed E-state index contributed by atoms with van der Waals surface area (Å²) in [4.78, 5) is 0.0651. The number of benzene rings is 1. The molecule has 1 aromatic heterocycles. The number of sulfonamides is 1. The Morgan fingerprint density at radius 3 is 2.58 bits per heavy atom. The van der Waals surface area contributed by atoms with E-state index in [1.807, 2.05) is 6.92 Å². The first-order valence-corrected chi connectivity index (χ1v) is 9.45. The van der Waals surface area contributed by atoms with Gasteiger partial charge in [-0.2, -0.15) is 18.3 Å². The minimum atomic E-state index is -4.52. The van der Waals surface area contributed by atoms with Crippen molar-refractivity contribution in [1.82, 2.24) is 14.5 Å². The second-order valence-electron chi connectivity index (χ2n) is 5.64. The SMILES string of the molecule is CCCOc1ccc(S(=O)(=O)NCCn2ccc(C(F)(F)F)n2)cc1C. The predicted molar refractivity (Wildman–Crippen MR) is 89.4 cm³/mol. The minimum absolute atomic E-state index is 0.0218. The van der Waals surface area contributed by atoms with Crippen LogP contribution in [-0.2, 0) is 22.7 Å². The standard InChI is InChI=1S/C16H20F3N3O3S/c1-3-10-25-14-5-4-13(11-12(14)2)26(23,24)20-7-9-22-8-6-15(21-22)16(17,18)19/h4-6,8,11,20H,3,7,9-10H2,1-2H3. The Kier molecular flexibility index (Phi) is 6.30. The van der Waals surface area contributed by atoms with Crippen molar-refractivity contribution in [2.75, 3.05) is 13.2 Å². The van der Waals surface area contributed by atoms with Gasteiger partial charge in [-0.3, -0.25) is 4.68 Å². The number of aryl methyl sites for hydroxylation is 1. The number of nitrogens with one attached hydrogen (secondary N) is 1. The molecule has 0 saturated heterocycles. The summed E-state index contributed by atoms with van der Waals surface area (Å²) < 4.78 is 71.0. The van der Waals surface area contributed by atoms with Gasteiger partial charge >= 0.3 is 6.18 Å². The van der Waals surface area contributed by atoms with E-state index < -0.39 is 21.9 Å². The van der Waals surface area contributed by atoms with Crippen molar-refractivity contribution in [3.05, 3.63) is 41.7 Å². The Labute approximate surface area is 150 Å². The summed E-state index contributed by atoms with van der Waals surface area (Å²) in [5.74, 6) is 0.613. The monoisotopic (exact) mass is 391 g/mol. The Bertz CT molecular complexity index is 848. The largest absolute Gasteiger partial charge is 0.493 e. The first kappa shape index (κ1) is 20.2. The fraction of sp³-hybridized carbons (Fsp3) is 0.438. The van der Waals surface area contributed by atoms with Crippen molar-refractivity contribution in [3.63, 3.8) is 0 Å². The molecule has 0 aliphatic carbocycles. The maximum Gasteiger partial charge on any atom is 0.435 e. The molecule has 0 bridgehead atoms. The summed E-state index contributed by atoms with van der Waals surface area (Å²) >= 11 is 0. The number of halogens is 3. The highest BCUT2D eigenvalue weighted by molar-refractivity contribution is 7.89. The first-order valence-electron chi connectivity index (χ1n) is 7.97. The van der Waals surface area contributed by atoms with E-state index in [-0.39, 0.29) is 18.0 Å². The highest BCUT2D eigenvalue weighted by Gasteiger charge is 2.33. The van der Waals surface area contributed by atoms with Gasteiger partial charge in [-0.1, -0.05) is 6.92 Å². The molecule has 2 rings (SSSR count). The molecule has 1 heterocycles. The van der Waals surface area contributed by atoms with Gasteiger partial charge in [0.25, 0.3) is 0 Å². The average Bonchev–Trinajstić information content (AvgIpc) is 3.02. The van der Waals surface area contributed by atoms with Crippen LogP contribution in [0.1, 0.15) is 24.6 Å². The summed E-state index contributed by atoms with van der Waals surface area (Å²) in [7, 11) is -3.78. The third-order valence-corrected chi connectivity index (χ3v) is 4.94. The van der Waals surface area contributed by atoms with Crippen LogP contribution >= 0.6 is 0 Å². The van der Waals surface area contributed by atoms with Gasteiger partial charge in [0.2, 0.25) is 10.0 Å². The number of hydrogen-bond acceptors (Lipinski definition) is 4. The fourth-order valence-corrected chi connectivity index (χ4v) is 3.28. The molecular weight excluding hydrogens is 371 g/mol. The van der Waals surface area contributed by atoms with E-state index >= 15 is 0 Å². The zero-order chi connectivity index (χ0) is 19.4. The summed E-state index contributed by atoms with van der Waals surface area (Å²) in [6.07, 6.45) is -2.53. The van der Waals surface area contributed by atoms with Crippen LogP contribution in [0.15, 0.2) is 35.4 Å². The molecule has 6 nitrogen and oxygen atoms in total. The van der Waals surface area contributed by atoms with Gasteiger partial charge in [-0.25, -0.2) is 13.1 Å². The molecule has 1 N–H and O–H groups in total. The highest BCUT2D eigenvalue weighted by atomic mass is 32.2. The Hall–Kier alpha value is -2.07. The van der Waals surface area contributed by atoms with Crippen LogP contribution in [-0.4, -0.2) is 31.3 Å². The van der Waals surface area contributed by atoms with Crippen molar-refractivity contribution in [2.45, 2.75) is 37.9 Å². The molecular formula is C16H20F3N3O3S. The Morgan fingerprint density at radius 2 is 2.00 bits per heavy atom. The molecule has 0 radical (unpaired) electrons. The minimum Gasteiger partial charge on any atom is -0.493 e. The van der Waals surface area contributed by atoms with Crippen molar-refractivity contribution in [2.24, 2.45) is 0 Å². The van der Waals surface area contributed by atoms with E-state index in [0.29, 0.717) is 17.9 Å². The van der Waals surface area contributed by atoms with E-state index in [1.54, 1.807) is 13.0 Å². The Morgan fingerprint density at radius 1 is 1.27 bits per heavy atom. The lowest BCUT2D eigenvalue weighted by Gasteiger charge is -2.11. The van der Waals surface area contributed by atoms with Crippen LogP contribution in [0.2, 0.25) is 0 Å². The zero-order valence-corrected chi connectivity index (χ0v) is 15.2. The van der Waals surface area contributed by atoms with E-state index in [4.69, 9.17) is 4.74 Å². The molecule has 26 heavy (non-hydrogen) atoms. The molecule has 0 amide bonds. The van der Waals surface area contributed by atoms with Crippen molar-refractivity contribution in [1.29, 1.82) is 0 Å². The van der Waals surface area contributed by atoms with Gasteiger partial charge in [0.05, 0.1) is 18.0 Å². The fourth-order valence-electron chi connectivity index (χ4n) is 2.18. The molecule has 1 aromatic carbocycles. The lowest BCUT2D eigenvalue weighted by Crippen LogP contribution is -2.27. The van der Waals surface area contributed by atoms with Gasteiger partial charge in [-0.15, -0.1) is 0 Å². The van der Waals surface area contributed by atoms with Crippen LogP contribution in [0.25, 0.3) is 0 Å². The molecule has 0 unspecified atom stereocenters. The van der Waals surface area contributed by atoms with Crippen LogP contribution in [0.3, 0.4) is 0 Å². The summed E-state index contributed by atoms with van der Waals surface area (Å²) in [6.45, 7) is 4.14. The lowest BCUT2D eigenvalue weighted by molar-refractivity contribution is -0.141. The van der Waals surface area contributed by atoms with Crippen molar-refractivity contribution >= 4 is 10.0 Å². The quantitative estimate of drug-likeness (QED) is 0.751. The molecule has 2 aromatic rings. The normalized spacial score (nSPS) is 12.3. The van der Waals surface area contributed by atoms with Gasteiger partial charge in [-0.05, 0) is 43.2 Å². The molecule has 0 spiro atoms. The summed E-state index contributed by atoms with van der Waals surface area (Å²) in [6, 6.07) is 5.34. The van der Waals surface area contributed by atoms with E-state index in [0.717, 1.165) is 23.4 Å². The van der Waals surface area contributed by atoms with Crippen LogP contribution in [0.4, 0.5) is 13.2 Å². The molecule has 0 fully saturated rings. The zero-order valence-electron chi connectivity index (χ0n) is 14.4. The first-order chi connectivity index (χ1) is 12.1. The highest BCUT2D eigenvalue weighted by Crippen LogP contribution is 2.27. The van der Waals surface area contributed by atoms with Crippen LogP contribution in [0, 0.1) is 6.92 Å². The molecule has 0 atom stereocenters. The van der Waals surface area contributed by atoms with E-state index in [1.165, 1.54) is 12.1 Å². The van der Waals surface area contributed by atoms with Gasteiger partial charge in [0.1, 0.15) is 5.75 Å². The molecule has 0 saturated carbocycles. The maximum absolute atomic E-state index is 12.5. The second-order valence-corrected chi connectivity index (χ2v) is 7.40. The number of ether oxygens (including phenoxy) is 1. The maximum atomic E-state index is 12.5. The lowest BCUT2D eigenvalue weighted by atomic mass is 10.2. The number of hydrogen-bond donors (Lipinski definition) is 1. The Balaban J connectivity index is 1.98. The molecule has 0 aliphatic heterocycles. The molecule has 0 aliphatic rings. The van der Waals surface area contributed by atoms with Gasteiger partial charge < -0.3 is 4.74 Å². The summed E-state index contributed by atoms with van der Waals surface area (Å²) in [5, 5.41) is 3.37. The topological polar surface area (TPSA) is 73.2 Å². The van der Waals surface area contributed by atoms with Crippen LogP contribution < -0.4 is 9.46 Å². The third-order valence-electron chi connectivity index (χ3n) is 3.48. The van der Waals surface area contributed by atoms with Crippen molar-refractivity contribution < 1.29 is 26.3 Å². The van der Waals surface area contributed by atoms with Crippen LogP contribution in [0.5, 0.6) is 5.75 Å². The van der Waals surface area contributed by atoms with Crippen molar-refractivity contribution in [3.8, 4) is 5.75 Å². The average molecular weight is 391 g/mol. The van der Waals surface area contributed by atoms with E-state index in [2.05, 4.69) is 9.82 Å². The van der Waals surface area contributed by atoms with Gasteiger partial charge in [0.15, 0.2) is 5.69 Å². The predicted octanol–water partition coefficient (Wildman–Crippen LogP) is 2.98. The number of nitrogens with zero attached hydrogens (tertiary/aromatic N) is 2. The number of aromatic nitrogens is 2. The number of alkyl halides is 3. The number of rotatable bonds is 8. The summed E-state index contributed by atoms with van der Waals surface area (Å²) in [5.41, 5.74) is -0.332. The second kappa shape index (κ2) is 8.09. The van der Waals surface area contributed by atoms with Gasteiger partial charge in [0, 0.05) is 12.7 Å². The molecule has 10 heteroatoms.